The van der Waals surface area contributed by atoms with Gasteiger partial charge in [-0.05, 0) is 23.8 Å². The highest BCUT2D eigenvalue weighted by Crippen LogP contribution is 2.34. The molecule has 1 aliphatic heterocycles. The first-order valence-electron chi connectivity index (χ1n) is 6.69. The van der Waals surface area contributed by atoms with E-state index < -0.39 is 49.1 Å². The van der Waals surface area contributed by atoms with Gasteiger partial charge in [0.15, 0.2) is 0 Å². The van der Waals surface area contributed by atoms with E-state index in [1.54, 1.807) is 0 Å². The molecule has 0 bridgehead atoms. The molecule has 0 unspecified atom stereocenters. The lowest BCUT2D eigenvalue weighted by Gasteiger charge is -2.40. The average molecular weight is 328 g/mol. The van der Waals surface area contributed by atoms with E-state index in [0.29, 0.717) is 0 Å². The van der Waals surface area contributed by atoms with Crippen LogP contribution in [0.3, 0.4) is 0 Å². The third-order valence-corrected chi connectivity index (χ3v) is 3.73. The Bertz CT molecular complexity index is 612. The maximum atomic E-state index is 11.3. The molecule has 1 aromatic rings. The molecule has 2 rings (SSSR count). The molecule has 1 aromatic carbocycles. The maximum absolute atomic E-state index is 11.3. The number of aromatic carboxylic acids is 2. The van der Waals surface area contributed by atoms with Gasteiger partial charge >= 0.3 is 11.9 Å². The van der Waals surface area contributed by atoms with Crippen LogP contribution in [0.4, 0.5) is 0 Å². The van der Waals surface area contributed by atoms with Crippen LogP contribution in [0.2, 0.25) is 0 Å². The lowest BCUT2D eigenvalue weighted by atomic mass is 9.88. The highest BCUT2D eigenvalue weighted by atomic mass is 16.5. The number of rotatable bonds is 4. The fourth-order valence-electron chi connectivity index (χ4n) is 2.48. The Kier molecular flexibility index (Phi) is 4.97. The van der Waals surface area contributed by atoms with Gasteiger partial charge in [-0.1, -0.05) is 0 Å². The number of ether oxygens (including phenoxy) is 1. The third kappa shape index (κ3) is 3.19. The minimum absolute atomic E-state index is 0.172. The monoisotopic (exact) mass is 328 g/mol. The topological polar surface area (TPSA) is 165 Å². The summed E-state index contributed by atoms with van der Waals surface area (Å²) in [4.78, 5) is 22.4. The van der Waals surface area contributed by atoms with Crippen molar-refractivity contribution in [2.45, 2.75) is 30.5 Å². The molecule has 1 fully saturated rings. The van der Waals surface area contributed by atoms with Crippen molar-refractivity contribution in [3.8, 4) is 0 Å². The first kappa shape index (κ1) is 17.3. The van der Waals surface area contributed by atoms with Crippen LogP contribution in [0.5, 0.6) is 0 Å². The zero-order valence-electron chi connectivity index (χ0n) is 11.7. The first-order valence-corrected chi connectivity index (χ1v) is 6.69. The van der Waals surface area contributed by atoms with E-state index in [1.165, 1.54) is 0 Å². The van der Waals surface area contributed by atoms with Gasteiger partial charge in [0.1, 0.15) is 30.5 Å². The number of carboxylic acid groups (broad SMARTS) is 2. The summed E-state index contributed by atoms with van der Waals surface area (Å²) in [5.74, 6) is -2.69. The van der Waals surface area contributed by atoms with E-state index in [1.807, 2.05) is 0 Å². The quantitative estimate of drug-likeness (QED) is 0.390. The Labute approximate surface area is 130 Å². The Balaban J connectivity index is 2.51. The first-order chi connectivity index (χ1) is 10.8. The van der Waals surface area contributed by atoms with Crippen molar-refractivity contribution < 1.29 is 45.0 Å². The number of carbonyl (C=O) groups is 2. The van der Waals surface area contributed by atoms with Gasteiger partial charge in [-0.25, -0.2) is 9.59 Å². The summed E-state index contributed by atoms with van der Waals surface area (Å²) in [6.07, 6.45) is -7.64. The molecule has 6 N–H and O–H groups in total. The van der Waals surface area contributed by atoms with Gasteiger partial charge in [0, 0.05) is 0 Å². The molecule has 23 heavy (non-hydrogen) atoms. The van der Waals surface area contributed by atoms with Crippen molar-refractivity contribution in [3.05, 3.63) is 34.9 Å². The van der Waals surface area contributed by atoms with E-state index in [0.717, 1.165) is 18.2 Å². The molecule has 0 aliphatic carbocycles. The van der Waals surface area contributed by atoms with E-state index in [4.69, 9.17) is 14.9 Å². The largest absolute Gasteiger partial charge is 0.478 e. The van der Waals surface area contributed by atoms with Crippen molar-refractivity contribution in [3.63, 3.8) is 0 Å². The van der Waals surface area contributed by atoms with E-state index in [9.17, 15) is 30.0 Å². The Morgan fingerprint density at radius 1 is 1.00 bits per heavy atom. The van der Waals surface area contributed by atoms with Crippen LogP contribution in [0.1, 0.15) is 32.4 Å². The molecule has 1 aliphatic rings. The lowest BCUT2D eigenvalue weighted by molar-refractivity contribution is -0.231. The van der Waals surface area contributed by atoms with Crippen molar-refractivity contribution >= 4 is 11.9 Å². The molecule has 0 aromatic heterocycles. The Morgan fingerprint density at radius 3 is 2.17 bits per heavy atom. The zero-order chi connectivity index (χ0) is 17.3. The summed E-state index contributed by atoms with van der Waals surface area (Å²) >= 11 is 0. The molecular weight excluding hydrogens is 312 g/mol. The van der Waals surface area contributed by atoms with Crippen molar-refractivity contribution in [1.82, 2.24) is 0 Å². The van der Waals surface area contributed by atoms with Crippen molar-refractivity contribution in [2.24, 2.45) is 0 Å². The van der Waals surface area contributed by atoms with Gasteiger partial charge in [-0.15, -0.1) is 0 Å². The van der Waals surface area contributed by atoms with Gasteiger partial charge in [0.2, 0.25) is 0 Å². The van der Waals surface area contributed by atoms with Gasteiger partial charge in [0.25, 0.3) is 0 Å². The Hall–Kier alpha value is -2.04. The van der Waals surface area contributed by atoms with Crippen LogP contribution in [-0.4, -0.2) is 73.6 Å². The Morgan fingerprint density at radius 2 is 1.65 bits per heavy atom. The fraction of sp³-hybridized carbons (Fsp3) is 0.429. The van der Waals surface area contributed by atoms with Gasteiger partial charge in [-0.2, -0.15) is 0 Å². The van der Waals surface area contributed by atoms with Crippen LogP contribution < -0.4 is 0 Å². The summed E-state index contributed by atoms with van der Waals surface area (Å²) in [6, 6.07) is 3.14. The minimum atomic E-state index is -1.70. The second-order valence-corrected chi connectivity index (χ2v) is 5.16. The van der Waals surface area contributed by atoms with Crippen LogP contribution in [-0.2, 0) is 4.74 Å². The molecule has 0 amide bonds. The van der Waals surface area contributed by atoms with Gasteiger partial charge < -0.3 is 35.4 Å². The van der Waals surface area contributed by atoms with Crippen LogP contribution in [0.25, 0.3) is 0 Å². The molecule has 9 heteroatoms. The van der Waals surface area contributed by atoms with Crippen molar-refractivity contribution in [2.75, 3.05) is 6.61 Å². The molecule has 1 heterocycles. The fourth-order valence-corrected chi connectivity index (χ4v) is 2.48. The van der Waals surface area contributed by atoms with Crippen LogP contribution >= 0.6 is 0 Å². The number of aliphatic hydroxyl groups is 4. The SMILES string of the molecule is O=C(O)c1ccc(C(=O)O)c([C@@H]2O[C@H](CO)[C@@H](O)[C@H](O)[C@H]2O)c1. The zero-order valence-corrected chi connectivity index (χ0v) is 11.7. The summed E-state index contributed by atoms with van der Waals surface area (Å²) in [7, 11) is 0. The molecule has 1 saturated heterocycles. The van der Waals surface area contributed by atoms with Gasteiger partial charge in [0.05, 0.1) is 17.7 Å². The summed E-state index contributed by atoms with van der Waals surface area (Å²) in [5.41, 5.74) is -0.726. The van der Waals surface area contributed by atoms with E-state index in [-0.39, 0.29) is 16.7 Å². The molecule has 0 spiro atoms. The summed E-state index contributed by atoms with van der Waals surface area (Å²) < 4.78 is 5.28. The standard InChI is InChI=1S/C14H16O9/c15-4-8-9(16)10(17)11(18)12(23-8)7-3-5(13(19)20)1-2-6(7)14(21)22/h1-3,8-12,15-18H,4H2,(H,19,20)(H,21,22)/t8-,9-,10+,11-,12+/m1/s1. The highest BCUT2D eigenvalue weighted by Gasteiger charge is 2.45. The predicted octanol–water partition coefficient (Wildman–Crippen LogP) is -1.40. The summed E-state index contributed by atoms with van der Waals surface area (Å²) in [6.45, 7) is -0.678. The van der Waals surface area contributed by atoms with Crippen LogP contribution in [0.15, 0.2) is 18.2 Å². The average Bonchev–Trinajstić information content (AvgIpc) is 2.52. The third-order valence-electron chi connectivity index (χ3n) is 3.73. The molecule has 9 nitrogen and oxygen atoms in total. The van der Waals surface area contributed by atoms with Gasteiger partial charge in [-0.3, -0.25) is 0 Å². The predicted molar refractivity (Wildman–Crippen MR) is 73.1 cm³/mol. The second-order valence-electron chi connectivity index (χ2n) is 5.16. The number of hydrogen-bond acceptors (Lipinski definition) is 7. The lowest BCUT2D eigenvalue weighted by Crippen LogP contribution is -2.55. The molecule has 5 atom stereocenters. The molecule has 0 radical (unpaired) electrons. The molecule has 0 saturated carbocycles. The summed E-state index contributed by atoms with van der Waals surface area (Å²) in [5, 5.41) is 57.0. The van der Waals surface area contributed by atoms with Crippen LogP contribution in [0, 0.1) is 0 Å². The maximum Gasteiger partial charge on any atom is 0.336 e. The number of benzene rings is 1. The second kappa shape index (κ2) is 6.60. The normalized spacial score (nSPS) is 30.9. The highest BCUT2D eigenvalue weighted by molar-refractivity contribution is 5.93. The van der Waals surface area contributed by atoms with E-state index in [2.05, 4.69) is 0 Å². The smallest absolute Gasteiger partial charge is 0.336 e. The van der Waals surface area contributed by atoms with Crippen molar-refractivity contribution in [1.29, 1.82) is 0 Å². The van der Waals surface area contributed by atoms with E-state index >= 15 is 0 Å². The molecular formula is C14H16O9. The molecule has 126 valence electrons. The number of hydrogen-bond donors (Lipinski definition) is 6. The minimum Gasteiger partial charge on any atom is -0.478 e. The number of aliphatic hydroxyl groups excluding tert-OH is 4. The number of carboxylic acids is 2.